The summed E-state index contributed by atoms with van der Waals surface area (Å²) in [4.78, 5) is 13.1. The molecule has 1 aliphatic carbocycles. The molecule has 0 bridgehead atoms. The predicted octanol–water partition coefficient (Wildman–Crippen LogP) is 1.52. The third-order valence-electron chi connectivity index (χ3n) is 5.62. The fraction of sp³-hybridized carbons (Fsp3) is 0.500. The average molecular weight is 366 g/mol. The van der Waals surface area contributed by atoms with Gasteiger partial charge in [-0.1, -0.05) is 6.42 Å². The van der Waals surface area contributed by atoms with Crippen molar-refractivity contribution in [1.29, 1.82) is 0 Å². The maximum absolute atomic E-state index is 5.19. The van der Waals surface area contributed by atoms with Crippen LogP contribution in [-0.2, 0) is 0 Å². The van der Waals surface area contributed by atoms with Gasteiger partial charge in [0, 0.05) is 38.3 Å². The monoisotopic (exact) mass is 366 g/mol. The molecule has 0 spiro atoms. The Labute approximate surface area is 157 Å². The zero-order valence-electron chi connectivity index (χ0n) is 15.5. The van der Waals surface area contributed by atoms with Crippen molar-refractivity contribution in [3.05, 3.63) is 30.2 Å². The van der Waals surface area contributed by atoms with E-state index in [-0.39, 0.29) is 0 Å². The molecule has 0 unspecified atom stereocenters. The molecule has 9 heteroatoms. The number of hydrogen-bond acceptors (Lipinski definition) is 8. The first kappa shape index (κ1) is 16.2. The van der Waals surface area contributed by atoms with Crippen molar-refractivity contribution in [2.24, 2.45) is 0 Å². The van der Waals surface area contributed by atoms with Crippen molar-refractivity contribution in [3.8, 4) is 5.88 Å². The lowest BCUT2D eigenvalue weighted by atomic mass is 9.85. The molecule has 2 fully saturated rings. The largest absolute Gasteiger partial charge is 0.481 e. The van der Waals surface area contributed by atoms with Gasteiger partial charge >= 0.3 is 0 Å². The van der Waals surface area contributed by atoms with E-state index >= 15 is 0 Å². The Morgan fingerprint density at radius 3 is 2.74 bits per heavy atom. The maximum atomic E-state index is 5.19. The minimum absolute atomic E-state index is 0.335. The number of rotatable bonds is 5. The summed E-state index contributed by atoms with van der Waals surface area (Å²) in [5.74, 6) is 3.71. The Bertz CT molecular complexity index is 963. The minimum Gasteiger partial charge on any atom is -0.481 e. The van der Waals surface area contributed by atoms with E-state index in [9.17, 15) is 0 Å². The van der Waals surface area contributed by atoms with E-state index in [0.29, 0.717) is 23.8 Å². The quantitative estimate of drug-likeness (QED) is 0.672. The summed E-state index contributed by atoms with van der Waals surface area (Å²) in [5.41, 5.74) is 0.819. The molecule has 1 aliphatic heterocycles. The molecular weight excluding hydrogens is 344 g/mol. The van der Waals surface area contributed by atoms with Crippen LogP contribution in [0.5, 0.6) is 5.88 Å². The van der Waals surface area contributed by atoms with Gasteiger partial charge in [-0.3, -0.25) is 0 Å². The molecule has 27 heavy (non-hydrogen) atoms. The molecule has 5 rings (SSSR count). The topological polar surface area (TPSA) is 84.6 Å². The van der Waals surface area contributed by atoms with E-state index in [1.807, 2.05) is 23.7 Å². The number of hydrogen-bond donors (Lipinski definition) is 0. The highest BCUT2D eigenvalue weighted by atomic mass is 16.5. The first-order valence-corrected chi connectivity index (χ1v) is 9.30. The molecule has 2 aliphatic rings. The van der Waals surface area contributed by atoms with Crippen LogP contribution in [0.1, 0.15) is 31.0 Å². The lowest BCUT2D eigenvalue weighted by Gasteiger charge is -2.44. The van der Waals surface area contributed by atoms with Crippen LogP contribution in [0.15, 0.2) is 24.4 Å². The van der Waals surface area contributed by atoms with Gasteiger partial charge in [-0.15, -0.1) is 15.3 Å². The Morgan fingerprint density at radius 1 is 1.15 bits per heavy atom. The molecular formula is C18H22N8O. The van der Waals surface area contributed by atoms with Gasteiger partial charge in [0.05, 0.1) is 13.2 Å². The molecule has 9 nitrogen and oxygen atoms in total. The van der Waals surface area contributed by atoms with Crippen LogP contribution in [0.3, 0.4) is 0 Å². The van der Waals surface area contributed by atoms with Gasteiger partial charge in [-0.2, -0.15) is 9.50 Å². The van der Waals surface area contributed by atoms with Gasteiger partial charge in [-0.05, 0) is 25.0 Å². The smallest absolute Gasteiger partial charge is 0.228 e. The van der Waals surface area contributed by atoms with Crippen LogP contribution in [0, 0.1) is 0 Å². The summed E-state index contributed by atoms with van der Waals surface area (Å²) in [5, 5.41) is 13.4. The molecule has 4 heterocycles. The first-order valence-electron chi connectivity index (χ1n) is 9.30. The molecule has 140 valence electrons. The fourth-order valence-electron chi connectivity index (χ4n) is 3.55. The van der Waals surface area contributed by atoms with Gasteiger partial charge in [-0.25, -0.2) is 4.98 Å². The Hall–Kier alpha value is -2.97. The molecule has 0 N–H and O–H groups in total. The van der Waals surface area contributed by atoms with Crippen molar-refractivity contribution in [2.45, 2.75) is 31.2 Å². The van der Waals surface area contributed by atoms with Gasteiger partial charge < -0.3 is 14.5 Å². The fourth-order valence-corrected chi connectivity index (χ4v) is 3.55. The standard InChI is InChI=1S/C18H22N8O/c1-24(18-19-9-8-16(20-18)27-2)13-10-25(11-13)15-7-6-14-21-22-17(26(14)23-15)12-4-3-5-12/h6-9,12-13H,3-5,10-11H2,1-2H3. The SMILES string of the molecule is COc1ccnc(N(C)C2CN(c3ccc4nnc(C5CCC5)n4n3)C2)n1. The van der Waals surface area contributed by atoms with Gasteiger partial charge in [0.15, 0.2) is 11.5 Å². The highest BCUT2D eigenvalue weighted by Crippen LogP contribution is 2.35. The molecule has 0 radical (unpaired) electrons. The predicted molar refractivity (Wildman–Crippen MR) is 100 cm³/mol. The number of nitrogens with zero attached hydrogens (tertiary/aromatic N) is 8. The molecule has 3 aromatic rings. The highest BCUT2D eigenvalue weighted by Gasteiger charge is 2.33. The maximum Gasteiger partial charge on any atom is 0.228 e. The van der Waals surface area contributed by atoms with Crippen LogP contribution in [0.25, 0.3) is 5.65 Å². The summed E-state index contributed by atoms with van der Waals surface area (Å²) in [6.45, 7) is 1.74. The Morgan fingerprint density at radius 2 is 2.00 bits per heavy atom. The van der Waals surface area contributed by atoms with E-state index in [2.05, 4.69) is 30.0 Å². The second-order valence-corrected chi connectivity index (χ2v) is 7.22. The zero-order chi connectivity index (χ0) is 18.4. The normalized spacial score (nSPS) is 17.6. The van der Waals surface area contributed by atoms with E-state index in [0.717, 1.165) is 30.4 Å². The number of likely N-dealkylation sites (N-methyl/N-ethyl adjacent to an activating group) is 1. The van der Waals surface area contributed by atoms with Crippen LogP contribution in [-0.4, -0.2) is 63.1 Å². The van der Waals surface area contributed by atoms with Crippen molar-refractivity contribution < 1.29 is 4.74 Å². The molecule has 0 amide bonds. The molecule has 0 aromatic carbocycles. The summed E-state index contributed by atoms with van der Waals surface area (Å²) in [6, 6.07) is 6.11. The summed E-state index contributed by atoms with van der Waals surface area (Å²) in [7, 11) is 3.63. The van der Waals surface area contributed by atoms with Crippen molar-refractivity contribution in [1.82, 2.24) is 29.8 Å². The van der Waals surface area contributed by atoms with Crippen molar-refractivity contribution >= 4 is 17.4 Å². The van der Waals surface area contributed by atoms with Crippen LogP contribution < -0.4 is 14.5 Å². The molecule has 0 atom stereocenters. The Kier molecular flexibility index (Phi) is 3.80. The van der Waals surface area contributed by atoms with Crippen LogP contribution in [0.2, 0.25) is 0 Å². The van der Waals surface area contributed by atoms with Crippen LogP contribution in [0.4, 0.5) is 11.8 Å². The number of methoxy groups -OCH3 is 1. The Balaban J connectivity index is 1.31. The third kappa shape index (κ3) is 2.73. The van der Waals surface area contributed by atoms with E-state index < -0.39 is 0 Å². The number of anilines is 2. The average Bonchev–Trinajstić information content (AvgIpc) is 3.02. The van der Waals surface area contributed by atoms with Gasteiger partial charge in [0.25, 0.3) is 0 Å². The van der Waals surface area contributed by atoms with Crippen molar-refractivity contribution in [3.63, 3.8) is 0 Å². The molecule has 3 aromatic heterocycles. The van der Waals surface area contributed by atoms with E-state index in [4.69, 9.17) is 9.84 Å². The minimum atomic E-state index is 0.335. The number of fused-ring (bicyclic) bond motifs is 1. The number of ether oxygens (including phenoxy) is 1. The molecule has 1 saturated carbocycles. The lowest BCUT2D eigenvalue weighted by Crippen LogP contribution is -2.59. The van der Waals surface area contributed by atoms with E-state index in [1.165, 1.54) is 19.3 Å². The van der Waals surface area contributed by atoms with Gasteiger partial charge in [0.2, 0.25) is 11.8 Å². The van der Waals surface area contributed by atoms with Crippen molar-refractivity contribution in [2.75, 3.05) is 37.0 Å². The highest BCUT2D eigenvalue weighted by molar-refractivity contribution is 5.50. The summed E-state index contributed by atoms with van der Waals surface area (Å²) >= 11 is 0. The zero-order valence-corrected chi connectivity index (χ0v) is 15.5. The molecule has 1 saturated heterocycles. The third-order valence-corrected chi connectivity index (χ3v) is 5.62. The lowest BCUT2D eigenvalue weighted by molar-refractivity contribution is 0.393. The summed E-state index contributed by atoms with van der Waals surface area (Å²) < 4.78 is 7.11. The summed E-state index contributed by atoms with van der Waals surface area (Å²) in [6.07, 6.45) is 5.36. The van der Waals surface area contributed by atoms with Crippen LogP contribution >= 0.6 is 0 Å². The van der Waals surface area contributed by atoms with E-state index in [1.54, 1.807) is 19.4 Å². The second kappa shape index (κ2) is 6.33. The number of aromatic nitrogens is 6. The first-order chi connectivity index (χ1) is 13.2. The second-order valence-electron chi connectivity index (χ2n) is 7.22. The van der Waals surface area contributed by atoms with Gasteiger partial charge in [0.1, 0.15) is 5.82 Å².